The molecule has 17 rings (SSSR count). The minimum Gasteiger partial charge on any atom is -0.512 e. The number of alkyl halides is 3. The first-order chi connectivity index (χ1) is 59.5. The van der Waals surface area contributed by atoms with Crippen LogP contribution in [0.3, 0.4) is 0 Å². The second kappa shape index (κ2) is 60.3. The van der Waals surface area contributed by atoms with Crippen molar-refractivity contribution in [3.8, 4) is 65.7 Å². The minimum atomic E-state index is -4.32. The molecule has 0 spiro atoms. The Morgan fingerprint density at radius 2 is 0.885 bits per heavy atom. The number of hydrogen-bond donors (Lipinski definition) is 4. The van der Waals surface area contributed by atoms with E-state index >= 15 is 0 Å². The van der Waals surface area contributed by atoms with E-state index in [0.717, 1.165) is 88.0 Å². The van der Waals surface area contributed by atoms with Crippen molar-refractivity contribution < 1.29 is 184 Å². The number of hydrogen-bond acceptors (Lipinski definition) is 21. The summed E-state index contributed by atoms with van der Waals surface area (Å²) >= 11 is 4.85. The molecule has 686 valence electrons. The van der Waals surface area contributed by atoms with E-state index in [1.807, 2.05) is 194 Å². The zero-order chi connectivity index (χ0) is 89.5. The maximum absolute atomic E-state index is 12.3. The third-order valence-electron chi connectivity index (χ3n) is 15.9. The van der Waals surface area contributed by atoms with Gasteiger partial charge in [0.15, 0.2) is 23.1 Å². The third kappa shape index (κ3) is 39.9. The molecule has 0 atom stereocenters. The molecular weight excluding hydrogens is 2790 g/mol. The van der Waals surface area contributed by atoms with Gasteiger partial charge in [0.1, 0.15) is 11.5 Å². The number of anilines is 1. The smallest absolute Gasteiger partial charge is 0.381 e. The summed E-state index contributed by atoms with van der Waals surface area (Å²) < 4.78 is 50.2. The van der Waals surface area contributed by atoms with Gasteiger partial charge in [0.25, 0.3) is 5.63 Å². The Labute approximate surface area is 846 Å². The third-order valence-corrected chi connectivity index (χ3v) is 18.8. The Morgan fingerprint density at radius 3 is 1.31 bits per heavy atom. The number of nitrogens with zero attached hydrogens (tertiary/aromatic N) is 7. The Balaban J connectivity index is 0.000000500. The van der Waals surface area contributed by atoms with Crippen molar-refractivity contribution in [1.82, 2.24) is 29.9 Å². The van der Waals surface area contributed by atoms with E-state index < -0.39 is 17.4 Å². The molecule has 8 aromatic heterocycles. The summed E-state index contributed by atoms with van der Waals surface area (Å²) in [5.74, 6) is 0.372. The summed E-state index contributed by atoms with van der Waals surface area (Å²) in [7, 11) is 3.89. The standard InChI is InChI=1S/C18H13N2O2S.C17H10NS.C13H8NO.C12H7F3N.C11H8N.C9H6NS.4C5H8O2.4Ir.2Pt/c1-20(2)12-8-7-11-9-13(18(21)22-15(11)10-12)17-19-14-5-3-4-6-16(14)23-17;1-2-8-13-12(6-1)7-5-9-14(13)17-18-15-10-3-4-11-16(15)19-17;1-2-6-10(7-3-1)13-14-11-8-4-5-9-12(11)15-13;13-12(14,15)10-6-4-9(5-7-10)11-3-1-2-8-16-11;1-2-6-10(7-3-1)11-8-4-5-9-12-11;1-2-6-10-8(4-1)9-5-3-7-11-9;4*1-4(6)3-5(2)7;;;;;;/h3-8,10H,1-2H3;1-8,10-11H;1-6,8-9H;1-4,6-8H;1-6,8-9H;1-4,6-7H;4*3,6H,1-2H3;;;;;;/q6*-1;;;;;;;;;;. The van der Waals surface area contributed by atoms with Crippen molar-refractivity contribution in [3.63, 3.8) is 0 Å². The van der Waals surface area contributed by atoms with Gasteiger partial charge >= 0.3 is 6.18 Å². The summed E-state index contributed by atoms with van der Waals surface area (Å²) in [6.07, 6.45) is 5.51. The average Bonchev–Trinajstić information content (AvgIpc) is 1.55. The summed E-state index contributed by atoms with van der Waals surface area (Å²) in [4.78, 5) is 81.5. The minimum absolute atomic E-state index is 0. The quantitative estimate of drug-likeness (QED) is 0.0405. The van der Waals surface area contributed by atoms with E-state index in [9.17, 15) is 37.1 Å². The van der Waals surface area contributed by atoms with Crippen LogP contribution in [0.1, 0.15) is 61.0 Å². The first kappa shape index (κ1) is 115. The zero-order valence-corrected chi connectivity index (χ0v) is 87.5. The van der Waals surface area contributed by atoms with E-state index in [-0.39, 0.29) is 169 Å². The van der Waals surface area contributed by atoms with Gasteiger partial charge in [-0.1, -0.05) is 124 Å². The van der Waals surface area contributed by atoms with E-state index in [1.54, 1.807) is 59.5 Å². The van der Waals surface area contributed by atoms with Crippen LogP contribution in [0.15, 0.2) is 340 Å². The molecule has 18 nitrogen and oxygen atoms in total. The van der Waals surface area contributed by atoms with Crippen LogP contribution >= 0.6 is 34.0 Å². The molecule has 30 heteroatoms. The number of thiophene rings is 1. The normalized spacial score (nSPS) is 10.4. The molecular formula is C100H84F3Ir4N7O11Pt2S3-6. The van der Waals surface area contributed by atoms with Gasteiger partial charge in [-0.25, -0.2) is 11.3 Å². The van der Waals surface area contributed by atoms with Crippen molar-refractivity contribution in [2.24, 2.45) is 0 Å². The number of thiazole rings is 2. The molecule has 130 heavy (non-hydrogen) atoms. The molecule has 0 aliphatic carbocycles. The van der Waals surface area contributed by atoms with Gasteiger partial charge in [0.05, 0.1) is 50.2 Å². The number of oxazole rings is 1. The summed E-state index contributed by atoms with van der Waals surface area (Å²) in [6, 6.07) is 98.1. The molecule has 0 saturated carbocycles. The number of rotatable bonds is 11. The predicted octanol–water partition coefficient (Wildman–Crippen LogP) is 25.0. The van der Waals surface area contributed by atoms with E-state index in [4.69, 9.17) is 34.2 Å². The molecule has 0 saturated heterocycles. The summed E-state index contributed by atoms with van der Waals surface area (Å²) in [5.41, 5.74) is 10.6. The van der Waals surface area contributed by atoms with Crippen molar-refractivity contribution in [1.29, 1.82) is 0 Å². The van der Waals surface area contributed by atoms with Crippen molar-refractivity contribution in [2.45, 2.75) is 61.6 Å². The number of carbonyl (C=O) groups excluding carboxylic acids is 4. The number of halogens is 3. The van der Waals surface area contributed by atoms with Crippen LogP contribution in [-0.4, -0.2) is 87.6 Å². The fraction of sp³-hybridized carbons (Fsp3) is 0.110. The Kier molecular flexibility index (Phi) is 53.5. The molecule has 0 unspecified atom stereocenters. The van der Waals surface area contributed by atoms with E-state index in [1.165, 1.54) is 113 Å². The SMILES string of the molecule is CC(=O)C=C(C)O.CC(=O)C=C(C)O.CC(=O)C=C(C)O.CC(=O)C=C(C)O.CN(C)c1ccc2[c-]c(-c3nc4ccccc4s3)c(=O)oc2c1.FC(F)(F)c1c[c-]c(-c2ccccn2)cc1.[Ir].[Ir].[Ir].[Ir].[Pt].[Pt].[c-]1ccc2ccccc2c1-c1nc2ccccc2s1.[c-]1ccccc1-c1ccccn1.[c-]1ccccc1-c1nc2ccccc2o1.[c-]1ccsc1-c1ccccn1. The van der Waals surface area contributed by atoms with Gasteiger partial charge in [0, 0.05) is 200 Å². The molecule has 0 aliphatic heterocycles. The number of aliphatic hydroxyl groups is 4. The summed E-state index contributed by atoms with van der Waals surface area (Å²) in [5, 5.41) is 40.3. The summed E-state index contributed by atoms with van der Waals surface area (Å²) in [6.45, 7) is 11.4. The van der Waals surface area contributed by atoms with Crippen LogP contribution < -0.4 is 10.5 Å². The van der Waals surface area contributed by atoms with E-state index in [2.05, 4.69) is 110 Å². The maximum atomic E-state index is 12.3. The zero-order valence-electron chi connectivity index (χ0n) is 71.0. The van der Waals surface area contributed by atoms with Gasteiger partial charge in [-0.05, 0) is 144 Å². The molecule has 0 aliphatic rings. The van der Waals surface area contributed by atoms with Gasteiger partial charge in [0.2, 0.25) is 0 Å². The number of para-hydroxylation sites is 4. The monoisotopic (exact) mass is 2870 g/mol. The molecule has 0 bridgehead atoms. The Hall–Kier alpha value is -10.7. The first-order valence-corrected chi connectivity index (χ1v) is 40.4. The number of aliphatic hydroxyl groups excluding tert-OH is 4. The molecule has 4 radical (unpaired) electrons. The van der Waals surface area contributed by atoms with Gasteiger partial charge in [-0.2, -0.15) is 48.0 Å². The number of ketones is 4. The molecule has 17 aromatic rings. The first-order valence-electron chi connectivity index (χ1n) is 37.9. The second-order valence-corrected chi connectivity index (χ2v) is 29.5. The van der Waals surface area contributed by atoms with Crippen LogP contribution in [0.4, 0.5) is 18.9 Å². The Bertz CT molecular complexity index is 6230. The van der Waals surface area contributed by atoms with Crippen molar-refractivity contribution in [2.75, 3.05) is 19.0 Å². The molecule has 9 aromatic carbocycles. The van der Waals surface area contributed by atoms with Crippen LogP contribution in [-0.2, 0) is 148 Å². The van der Waals surface area contributed by atoms with Crippen molar-refractivity contribution >= 4 is 116 Å². The predicted molar refractivity (Wildman–Crippen MR) is 491 cm³/mol. The number of carbonyl (C=O) groups is 4. The Morgan fingerprint density at radius 1 is 0.431 bits per heavy atom. The number of benzene rings is 9. The number of aromatic nitrogens is 6. The van der Waals surface area contributed by atoms with Gasteiger partial charge in [-0.15, -0.1) is 143 Å². The molecule has 0 amide bonds. The number of allylic oxidation sites excluding steroid dienone is 8. The van der Waals surface area contributed by atoms with Crippen LogP contribution in [0.25, 0.3) is 119 Å². The average molecular weight is 2870 g/mol. The fourth-order valence-corrected chi connectivity index (χ4v) is 13.3. The largest absolute Gasteiger partial charge is 0.512 e. The maximum Gasteiger partial charge on any atom is 0.381 e. The fourth-order valence-electron chi connectivity index (χ4n) is 10.7. The number of pyridine rings is 3. The number of fused-ring (bicyclic) bond motifs is 5. The molecule has 8 heterocycles. The van der Waals surface area contributed by atoms with Crippen LogP contribution in [0.5, 0.6) is 0 Å². The van der Waals surface area contributed by atoms with Crippen molar-refractivity contribution in [3.05, 3.63) is 378 Å². The van der Waals surface area contributed by atoms with E-state index in [0.29, 0.717) is 33.3 Å². The van der Waals surface area contributed by atoms with Crippen LogP contribution in [0.2, 0.25) is 0 Å². The molecule has 0 fully saturated rings. The van der Waals surface area contributed by atoms with Gasteiger partial charge < -0.3 is 49.1 Å². The molecule has 4 N–H and O–H groups in total. The topological polar surface area (TPSA) is 273 Å². The second-order valence-electron chi connectivity index (χ2n) is 26.5. The van der Waals surface area contributed by atoms with Crippen LogP contribution in [0, 0.1) is 36.4 Å². The van der Waals surface area contributed by atoms with Gasteiger partial charge in [-0.3, -0.25) is 38.9 Å².